The number of imidazole rings is 1. The molecule has 1 unspecified atom stereocenters. The molecular formula is C22H26F2N4O3S. The fourth-order valence-electron chi connectivity index (χ4n) is 4.40. The zero-order chi connectivity index (χ0) is 22.9. The van der Waals surface area contributed by atoms with Gasteiger partial charge in [-0.1, -0.05) is 19.1 Å². The number of hydrogen-bond donors (Lipinski definition) is 2. The number of hydrogen-bond acceptors (Lipinski definition) is 5. The molecule has 2 fully saturated rings. The molecule has 2 aliphatic rings. The number of nitrogens with zero attached hydrogens (tertiary/aromatic N) is 4. The predicted octanol–water partition coefficient (Wildman–Crippen LogP) is 4.02. The molecule has 1 aliphatic carbocycles. The van der Waals surface area contributed by atoms with Gasteiger partial charge >= 0.3 is 5.69 Å². The van der Waals surface area contributed by atoms with Gasteiger partial charge in [-0.05, 0) is 24.3 Å². The van der Waals surface area contributed by atoms with Gasteiger partial charge in [0.25, 0.3) is 5.92 Å². The van der Waals surface area contributed by atoms with Crippen molar-refractivity contribution in [2.75, 3.05) is 29.5 Å². The van der Waals surface area contributed by atoms with E-state index in [1.165, 1.54) is 16.1 Å². The summed E-state index contributed by atoms with van der Waals surface area (Å²) in [5.41, 5.74) is 1.96. The molecule has 172 valence electrons. The van der Waals surface area contributed by atoms with Crippen molar-refractivity contribution in [3.63, 3.8) is 0 Å². The van der Waals surface area contributed by atoms with Crippen LogP contribution in [0.5, 0.6) is 0 Å². The van der Waals surface area contributed by atoms with Crippen LogP contribution in [0.3, 0.4) is 0 Å². The molecule has 5 rings (SSSR count). The Labute approximate surface area is 185 Å². The molecule has 0 spiro atoms. The lowest BCUT2D eigenvalue weighted by atomic mass is 10.1. The molecule has 0 amide bonds. The van der Waals surface area contributed by atoms with Gasteiger partial charge in [-0.15, -0.1) is 0 Å². The lowest BCUT2D eigenvalue weighted by molar-refractivity contribution is 0.0637. The van der Waals surface area contributed by atoms with E-state index in [0.29, 0.717) is 41.5 Å². The summed E-state index contributed by atoms with van der Waals surface area (Å²) < 4.78 is 50.0. The molecule has 1 atom stereocenters. The second-order valence-corrected chi connectivity index (χ2v) is 11.6. The number of rotatable bonds is 4. The first-order chi connectivity index (χ1) is 15.0. The summed E-state index contributed by atoms with van der Waals surface area (Å²) in [6.07, 6.45) is -0.215. The number of benzene rings is 1. The van der Waals surface area contributed by atoms with E-state index in [-0.39, 0.29) is 18.7 Å². The molecule has 3 aromatic rings. The van der Waals surface area contributed by atoms with E-state index in [1.54, 1.807) is 19.2 Å². The van der Waals surface area contributed by atoms with Crippen LogP contribution in [0.15, 0.2) is 41.2 Å². The lowest BCUT2D eigenvalue weighted by Crippen LogP contribution is -2.38. The molecular weight excluding hydrogens is 438 g/mol. The second kappa shape index (κ2) is 7.03. The molecule has 3 heterocycles. The first kappa shape index (κ1) is 21.4. The molecule has 0 radical (unpaired) electrons. The predicted molar refractivity (Wildman–Crippen MR) is 123 cm³/mol. The maximum Gasteiger partial charge on any atom is 0.330 e. The van der Waals surface area contributed by atoms with Crippen LogP contribution in [0.4, 0.5) is 14.5 Å². The van der Waals surface area contributed by atoms with E-state index in [2.05, 4.69) is 9.88 Å². The topological polar surface area (TPSA) is 83.5 Å². The molecule has 1 saturated heterocycles. The highest BCUT2D eigenvalue weighted by Crippen LogP contribution is 2.61. The van der Waals surface area contributed by atoms with Gasteiger partial charge in [-0.3, -0.25) is 18.2 Å². The minimum atomic E-state index is -2.75. The lowest BCUT2D eigenvalue weighted by Gasteiger charge is -2.42. The number of fused-ring (bicyclic) bond motifs is 1. The summed E-state index contributed by atoms with van der Waals surface area (Å²) in [7, 11) is -0.863. The zero-order valence-electron chi connectivity index (χ0n) is 18.0. The zero-order valence-corrected chi connectivity index (χ0v) is 18.8. The van der Waals surface area contributed by atoms with Crippen LogP contribution in [-0.4, -0.2) is 53.7 Å². The van der Waals surface area contributed by atoms with E-state index < -0.39 is 21.9 Å². The molecule has 1 aromatic carbocycles. The molecule has 0 bridgehead atoms. The van der Waals surface area contributed by atoms with E-state index in [9.17, 15) is 22.7 Å². The van der Waals surface area contributed by atoms with Crippen LogP contribution in [0, 0.1) is 5.41 Å². The summed E-state index contributed by atoms with van der Waals surface area (Å²) in [5, 5.41) is 0. The van der Waals surface area contributed by atoms with Crippen LogP contribution < -0.4 is 10.6 Å². The van der Waals surface area contributed by atoms with Crippen LogP contribution in [-0.2, 0) is 13.6 Å². The number of aryl methyl sites for hydroxylation is 1. The summed E-state index contributed by atoms with van der Waals surface area (Å²) in [6, 6.07) is 11.4. The monoisotopic (exact) mass is 464 g/mol. The van der Waals surface area contributed by atoms with Crippen molar-refractivity contribution >= 4 is 27.4 Å². The molecule has 1 aliphatic heterocycles. The van der Waals surface area contributed by atoms with Crippen molar-refractivity contribution in [2.24, 2.45) is 12.5 Å². The van der Waals surface area contributed by atoms with Gasteiger partial charge in [0, 0.05) is 44.4 Å². The highest BCUT2D eigenvalue weighted by atomic mass is 32.3. The Morgan fingerprint density at radius 2 is 1.84 bits per heavy atom. The highest BCUT2D eigenvalue weighted by molar-refractivity contribution is 8.24. The summed E-state index contributed by atoms with van der Waals surface area (Å²) in [6.45, 7) is 2.60. The first-order valence-electron chi connectivity index (χ1n) is 10.5. The average Bonchev–Trinajstić information content (AvgIpc) is 3.17. The largest absolute Gasteiger partial charge is 0.368 e. The third-order valence-corrected chi connectivity index (χ3v) is 8.41. The Bertz CT molecular complexity index is 1260. The minimum absolute atomic E-state index is 0.0408. The van der Waals surface area contributed by atoms with Crippen LogP contribution in [0.2, 0.25) is 0 Å². The average molecular weight is 465 g/mol. The fourth-order valence-corrected chi connectivity index (χ4v) is 5.63. The van der Waals surface area contributed by atoms with Gasteiger partial charge in [0.05, 0.1) is 28.1 Å². The van der Waals surface area contributed by atoms with Gasteiger partial charge in [0.15, 0.2) is 5.65 Å². The van der Waals surface area contributed by atoms with E-state index in [0.717, 1.165) is 11.3 Å². The van der Waals surface area contributed by atoms with Crippen molar-refractivity contribution in [1.82, 2.24) is 14.1 Å². The van der Waals surface area contributed by atoms with Gasteiger partial charge in [0.2, 0.25) is 0 Å². The molecule has 32 heavy (non-hydrogen) atoms. The van der Waals surface area contributed by atoms with E-state index >= 15 is 0 Å². The number of halogens is 2. The molecule has 1 saturated carbocycles. The number of anilines is 1. The standard InChI is InChI=1S/C22H26F2N4O3S/c1-21(13-22(21,23)24)14-28-18-7-6-17(25-19(18)26(2)20(28)29)15-4-3-5-16(12-15)27-8-10-32(30,31)11-9-27/h3-7,12,30-31H,8-11,13-14H2,1-2H3. The Balaban J connectivity index is 1.47. The van der Waals surface area contributed by atoms with Crippen molar-refractivity contribution in [3.05, 3.63) is 46.9 Å². The SMILES string of the molecule is Cn1c(=O)n(CC2(C)CC2(F)F)c2ccc(-c3cccc(N4CCS(O)(O)CC4)c3)nc21. The van der Waals surface area contributed by atoms with Gasteiger partial charge < -0.3 is 4.90 Å². The molecule has 2 aromatic heterocycles. The third kappa shape index (κ3) is 3.50. The van der Waals surface area contributed by atoms with E-state index in [4.69, 9.17) is 0 Å². The van der Waals surface area contributed by atoms with Gasteiger partial charge in [0.1, 0.15) is 0 Å². The highest BCUT2D eigenvalue weighted by Gasteiger charge is 2.68. The van der Waals surface area contributed by atoms with Crippen molar-refractivity contribution in [3.8, 4) is 11.3 Å². The summed E-state index contributed by atoms with van der Waals surface area (Å²) in [4.78, 5) is 19.6. The normalized spacial score (nSPS) is 25.1. The Morgan fingerprint density at radius 3 is 2.50 bits per heavy atom. The Hall–Kier alpha value is -2.43. The van der Waals surface area contributed by atoms with Crippen molar-refractivity contribution < 1.29 is 17.9 Å². The minimum Gasteiger partial charge on any atom is -0.368 e. The van der Waals surface area contributed by atoms with E-state index in [1.807, 2.05) is 24.3 Å². The molecule has 2 N–H and O–H groups in total. The summed E-state index contributed by atoms with van der Waals surface area (Å²) >= 11 is 0. The molecule has 10 heteroatoms. The van der Waals surface area contributed by atoms with Crippen molar-refractivity contribution in [2.45, 2.75) is 25.8 Å². The fraction of sp³-hybridized carbons (Fsp3) is 0.455. The quantitative estimate of drug-likeness (QED) is 0.610. The summed E-state index contributed by atoms with van der Waals surface area (Å²) in [5.74, 6) is -2.03. The van der Waals surface area contributed by atoms with Crippen LogP contribution in [0.1, 0.15) is 13.3 Å². The first-order valence-corrected chi connectivity index (χ1v) is 12.4. The molecule has 7 nitrogen and oxygen atoms in total. The Kier molecular flexibility index (Phi) is 4.71. The van der Waals surface area contributed by atoms with Crippen LogP contribution >= 0.6 is 10.6 Å². The number of alkyl halides is 2. The third-order valence-electron chi connectivity index (χ3n) is 6.74. The number of pyridine rings is 1. The van der Waals surface area contributed by atoms with Gasteiger partial charge in [-0.2, -0.15) is 10.6 Å². The Morgan fingerprint density at radius 1 is 1.16 bits per heavy atom. The maximum atomic E-state index is 13.8. The maximum absolute atomic E-state index is 13.8. The van der Waals surface area contributed by atoms with Crippen LogP contribution in [0.25, 0.3) is 22.4 Å². The van der Waals surface area contributed by atoms with Gasteiger partial charge in [-0.25, -0.2) is 18.6 Å². The second-order valence-electron chi connectivity index (χ2n) is 9.16. The smallest absolute Gasteiger partial charge is 0.330 e. The van der Waals surface area contributed by atoms with Crippen molar-refractivity contribution in [1.29, 1.82) is 0 Å². The number of aromatic nitrogens is 3.